The second kappa shape index (κ2) is 5.34. The average molecular weight is 225 g/mol. The summed E-state index contributed by atoms with van der Waals surface area (Å²) in [6.45, 7) is -0.183. The highest BCUT2D eigenvalue weighted by molar-refractivity contribution is 7.16. The summed E-state index contributed by atoms with van der Waals surface area (Å²) in [5.41, 5.74) is 0. The van der Waals surface area contributed by atoms with Gasteiger partial charge in [-0.1, -0.05) is 23.2 Å². The van der Waals surface area contributed by atoms with E-state index in [0.717, 1.165) is 0 Å². The molecule has 0 aromatic carbocycles. The zero-order valence-electron chi connectivity index (χ0n) is 8.44. The van der Waals surface area contributed by atoms with Gasteiger partial charge in [-0.2, -0.15) is 0 Å². The van der Waals surface area contributed by atoms with E-state index in [4.69, 9.17) is 5.11 Å². The Hall–Kier alpha value is -1.58. The maximum atomic E-state index is 11.2. The van der Waals surface area contributed by atoms with Crippen molar-refractivity contribution in [3.8, 4) is 11.8 Å². The van der Waals surface area contributed by atoms with E-state index in [-0.39, 0.29) is 12.6 Å². The van der Waals surface area contributed by atoms with Crippen LogP contribution in [0.15, 0.2) is 6.20 Å². The standard InChI is InChI=1S/C9H11N3O2S/c1-12(2)9(14)11-8-10-6-7(15-8)4-3-5-13/h6,13H,5H2,1-2H3,(H,10,11,14). The van der Waals surface area contributed by atoms with Crippen LogP contribution in [-0.4, -0.2) is 41.7 Å². The molecule has 0 atom stereocenters. The van der Waals surface area contributed by atoms with Crippen molar-refractivity contribution < 1.29 is 9.90 Å². The van der Waals surface area contributed by atoms with Crippen LogP contribution in [0.4, 0.5) is 9.93 Å². The smallest absolute Gasteiger partial charge is 0.323 e. The van der Waals surface area contributed by atoms with Crippen LogP contribution in [0.2, 0.25) is 0 Å². The first kappa shape index (κ1) is 11.5. The lowest BCUT2D eigenvalue weighted by molar-refractivity contribution is 0.230. The van der Waals surface area contributed by atoms with Crippen LogP contribution in [-0.2, 0) is 0 Å². The van der Waals surface area contributed by atoms with Crippen LogP contribution in [0.1, 0.15) is 4.88 Å². The second-order valence-electron chi connectivity index (χ2n) is 2.81. The van der Waals surface area contributed by atoms with Crippen LogP contribution >= 0.6 is 11.3 Å². The summed E-state index contributed by atoms with van der Waals surface area (Å²) in [5, 5.41) is 11.6. The number of carbonyl (C=O) groups is 1. The van der Waals surface area contributed by atoms with Crippen LogP contribution in [0.5, 0.6) is 0 Å². The molecule has 0 saturated carbocycles. The number of amides is 2. The first-order chi connectivity index (χ1) is 7.13. The number of nitrogens with zero attached hydrogens (tertiary/aromatic N) is 2. The Kier molecular flexibility index (Phi) is 4.09. The summed E-state index contributed by atoms with van der Waals surface area (Å²) in [7, 11) is 3.30. The molecule has 80 valence electrons. The van der Waals surface area contributed by atoms with E-state index in [1.165, 1.54) is 16.2 Å². The van der Waals surface area contributed by atoms with Crippen molar-refractivity contribution in [3.05, 3.63) is 11.1 Å². The molecule has 2 amide bonds. The Morgan fingerprint density at radius 1 is 1.73 bits per heavy atom. The van der Waals surface area contributed by atoms with Crippen molar-refractivity contribution in [1.82, 2.24) is 9.88 Å². The Balaban J connectivity index is 2.64. The number of urea groups is 1. The van der Waals surface area contributed by atoms with Crippen molar-refractivity contribution in [1.29, 1.82) is 0 Å². The maximum absolute atomic E-state index is 11.2. The van der Waals surface area contributed by atoms with E-state index in [1.807, 2.05) is 0 Å². The van der Waals surface area contributed by atoms with Crippen LogP contribution in [0.3, 0.4) is 0 Å². The summed E-state index contributed by atoms with van der Waals surface area (Å²) >= 11 is 1.26. The van der Waals surface area contributed by atoms with Crippen LogP contribution in [0, 0.1) is 11.8 Å². The Morgan fingerprint density at radius 2 is 2.47 bits per heavy atom. The molecule has 0 aliphatic carbocycles. The highest BCUT2D eigenvalue weighted by Crippen LogP contribution is 2.16. The van der Waals surface area contributed by atoms with E-state index in [1.54, 1.807) is 20.3 Å². The van der Waals surface area contributed by atoms with Crippen LogP contribution in [0.25, 0.3) is 0 Å². The fourth-order valence-corrected chi connectivity index (χ4v) is 1.40. The molecule has 15 heavy (non-hydrogen) atoms. The number of hydrogen-bond donors (Lipinski definition) is 2. The minimum atomic E-state index is -0.231. The van der Waals surface area contributed by atoms with E-state index in [2.05, 4.69) is 22.1 Å². The van der Waals surface area contributed by atoms with Crippen molar-refractivity contribution >= 4 is 22.5 Å². The molecule has 0 spiro atoms. The van der Waals surface area contributed by atoms with Gasteiger partial charge in [0.25, 0.3) is 0 Å². The number of aliphatic hydroxyl groups is 1. The number of aromatic nitrogens is 1. The topological polar surface area (TPSA) is 65.5 Å². The van der Waals surface area contributed by atoms with Crippen molar-refractivity contribution in [2.75, 3.05) is 26.0 Å². The van der Waals surface area contributed by atoms with Gasteiger partial charge in [-0.15, -0.1) is 0 Å². The third kappa shape index (κ3) is 3.58. The van der Waals surface area contributed by atoms with Gasteiger partial charge in [0.2, 0.25) is 0 Å². The Morgan fingerprint density at radius 3 is 3.07 bits per heavy atom. The highest BCUT2D eigenvalue weighted by Gasteiger charge is 2.06. The van der Waals surface area contributed by atoms with E-state index >= 15 is 0 Å². The van der Waals surface area contributed by atoms with Gasteiger partial charge in [-0.05, 0) is 0 Å². The molecule has 1 rings (SSSR count). The van der Waals surface area contributed by atoms with Gasteiger partial charge in [-0.3, -0.25) is 5.32 Å². The summed E-state index contributed by atoms with van der Waals surface area (Å²) in [6, 6.07) is -0.231. The Bertz CT molecular complexity index is 403. The molecule has 0 aliphatic rings. The number of rotatable bonds is 1. The van der Waals surface area contributed by atoms with Gasteiger partial charge >= 0.3 is 6.03 Å². The Labute approximate surface area is 91.7 Å². The molecule has 0 radical (unpaired) electrons. The fraction of sp³-hybridized carbons (Fsp3) is 0.333. The summed E-state index contributed by atoms with van der Waals surface area (Å²) in [4.78, 5) is 17.3. The number of anilines is 1. The number of nitrogens with one attached hydrogen (secondary N) is 1. The lowest BCUT2D eigenvalue weighted by atomic mass is 10.5. The number of hydrogen-bond acceptors (Lipinski definition) is 4. The third-order valence-electron chi connectivity index (χ3n) is 1.42. The van der Waals surface area contributed by atoms with Crippen molar-refractivity contribution in [2.45, 2.75) is 0 Å². The van der Waals surface area contributed by atoms with E-state index in [9.17, 15) is 4.79 Å². The highest BCUT2D eigenvalue weighted by atomic mass is 32.1. The monoisotopic (exact) mass is 225 g/mol. The molecule has 0 saturated heterocycles. The first-order valence-corrected chi connectivity index (χ1v) is 4.99. The van der Waals surface area contributed by atoms with Gasteiger partial charge < -0.3 is 10.0 Å². The number of carbonyl (C=O) groups excluding carboxylic acids is 1. The molecular weight excluding hydrogens is 214 g/mol. The molecule has 0 bridgehead atoms. The summed E-state index contributed by atoms with van der Waals surface area (Å²) < 4.78 is 0. The lowest BCUT2D eigenvalue weighted by Gasteiger charge is -2.08. The molecular formula is C9H11N3O2S. The lowest BCUT2D eigenvalue weighted by Crippen LogP contribution is -2.27. The molecule has 0 unspecified atom stereocenters. The SMILES string of the molecule is CN(C)C(=O)Nc1ncc(C#CCO)s1. The van der Waals surface area contributed by atoms with Crippen molar-refractivity contribution in [3.63, 3.8) is 0 Å². The predicted octanol–water partition coefficient (Wildman–Crippen LogP) is 0.580. The van der Waals surface area contributed by atoms with Crippen LogP contribution < -0.4 is 5.32 Å². The van der Waals surface area contributed by atoms with E-state index < -0.39 is 0 Å². The quantitative estimate of drug-likeness (QED) is 0.687. The van der Waals surface area contributed by atoms with Gasteiger partial charge in [0.15, 0.2) is 5.13 Å². The van der Waals surface area contributed by atoms with Gasteiger partial charge in [-0.25, -0.2) is 9.78 Å². The molecule has 1 aromatic heterocycles. The van der Waals surface area contributed by atoms with E-state index in [0.29, 0.717) is 10.0 Å². The summed E-state index contributed by atoms with van der Waals surface area (Å²) in [6.07, 6.45) is 1.55. The third-order valence-corrected chi connectivity index (χ3v) is 2.24. The fourth-order valence-electron chi connectivity index (χ4n) is 0.720. The van der Waals surface area contributed by atoms with Gasteiger partial charge in [0.1, 0.15) is 6.61 Å². The second-order valence-corrected chi connectivity index (χ2v) is 3.84. The predicted molar refractivity (Wildman–Crippen MR) is 58.8 cm³/mol. The minimum absolute atomic E-state index is 0.183. The molecule has 1 heterocycles. The maximum Gasteiger partial charge on any atom is 0.323 e. The molecule has 6 heteroatoms. The van der Waals surface area contributed by atoms with Crippen molar-refractivity contribution in [2.24, 2.45) is 0 Å². The zero-order valence-corrected chi connectivity index (χ0v) is 9.26. The molecule has 1 aromatic rings. The number of aliphatic hydroxyl groups excluding tert-OH is 1. The largest absolute Gasteiger partial charge is 0.384 e. The number of thiazole rings is 1. The first-order valence-electron chi connectivity index (χ1n) is 4.17. The zero-order chi connectivity index (χ0) is 11.3. The van der Waals surface area contributed by atoms with Gasteiger partial charge in [0, 0.05) is 14.1 Å². The molecule has 0 fully saturated rings. The minimum Gasteiger partial charge on any atom is -0.384 e. The van der Waals surface area contributed by atoms with Gasteiger partial charge in [0.05, 0.1) is 11.1 Å². The normalized spacial score (nSPS) is 9.00. The summed E-state index contributed by atoms with van der Waals surface area (Å²) in [5.74, 6) is 5.22. The molecule has 5 nitrogen and oxygen atoms in total. The molecule has 0 aliphatic heterocycles. The molecule has 2 N–H and O–H groups in total. The average Bonchev–Trinajstić information content (AvgIpc) is 2.62.